The van der Waals surface area contributed by atoms with Crippen molar-refractivity contribution in [2.45, 2.75) is 38.9 Å². The van der Waals surface area contributed by atoms with Crippen molar-refractivity contribution < 1.29 is 9.90 Å². The predicted molar refractivity (Wildman–Crippen MR) is 89.2 cm³/mol. The maximum atomic E-state index is 11.4. The summed E-state index contributed by atoms with van der Waals surface area (Å²) in [4.78, 5) is 19.8. The van der Waals surface area contributed by atoms with E-state index in [1.807, 2.05) is 44.2 Å². The van der Waals surface area contributed by atoms with Gasteiger partial charge in [0, 0.05) is 30.5 Å². The molecule has 23 heavy (non-hydrogen) atoms. The first-order chi connectivity index (χ1) is 11.0. The lowest BCUT2D eigenvalue weighted by molar-refractivity contribution is -0.139. The minimum atomic E-state index is -0.868. The largest absolute Gasteiger partial charge is 0.480 e. The molecule has 0 spiro atoms. The van der Waals surface area contributed by atoms with Gasteiger partial charge in [0.15, 0.2) is 0 Å². The molecule has 6 heteroatoms. The molecule has 1 aromatic carbocycles. The lowest BCUT2D eigenvalue weighted by atomic mass is 10.1. The van der Waals surface area contributed by atoms with Crippen LogP contribution in [-0.4, -0.2) is 33.1 Å². The summed E-state index contributed by atoms with van der Waals surface area (Å²) in [5.41, 5.74) is 1.83. The van der Waals surface area contributed by atoms with Gasteiger partial charge in [-0.15, -0.1) is 0 Å². The topological polar surface area (TPSA) is 87.1 Å². The molecule has 0 aliphatic carbocycles. The summed E-state index contributed by atoms with van der Waals surface area (Å²) in [6, 6.07) is 9.19. The number of carboxylic acid groups (broad SMARTS) is 1. The molecule has 1 atom stereocenters. The zero-order valence-corrected chi connectivity index (χ0v) is 13.4. The minimum absolute atomic E-state index is 0.265. The van der Waals surface area contributed by atoms with E-state index in [0.29, 0.717) is 18.9 Å². The van der Waals surface area contributed by atoms with Gasteiger partial charge in [0.2, 0.25) is 5.95 Å². The second-order valence-electron chi connectivity index (χ2n) is 5.68. The summed E-state index contributed by atoms with van der Waals surface area (Å²) in [7, 11) is 0. The molecule has 0 saturated carbocycles. The van der Waals surface area contributed by atoms with Gasteiger partial charge in [0.1, 0.15) is 6.04 Å². The first-order valence-electron chi connectivity index (χ1n) is 7.62. The van der Waals surface area contributed by atoms with E-state index >= 15 is 0 Å². The normalized spacial score (nSPS) is 12.1. The fraction of sp³-hybridized carbons (Fsp3) is 0.353. The third-order valence-corrected chi connectivity index (χ3v) is 3.26. The van der Waals surface area contributed by atoms with Crippen LogP contribution in [-0.2, 0) is 17.8 Å². The van der Waals surface area contributed by atoms with Crippen molar-refractivity contribution >= 4 is 11.9 Å². The van der Waals surface area contributed by atoms with Crippen LogP contribution < -0.4 is 10.6 Å². The van der Waals surface area contributed by atoms with E-state index in [0.717, 1.165) is 11.1 Å². The molecule has 0 unspecified atom stereocenters. The molecule has 122 valence electrons. The quantitative estimate of drug-likeness (QED) is 0.691. The van der Waals surface area contributed by atoms with Crippen molar-refractivity contribution in [3.63, 3.8) is 0 Å². The Bertz CT molecular complexity index is 614. The molecule has 0 fully saturated rings. The van der Waals surface area contributed by atoms with Gasteiger partial charge >= 0.3 is 5.97 Å². The molecule has 0 aliphatic heterocycles. The van der Waals surface area contributed by atoms with Crippen molar-refractivity contribution in [2.75, 3.05) is 5.32 Å². The van der Waals surface area contributed by atoms with E-state index in [4.69, 9.17) is 0 Å². The Morgan fingerprint density at radius 2 is 1.78 bits per heavy atom. The number of nitrogens with one attached hydrogen (secondary N) is 2. The standard InChI is InChI=1S/C17H22N4O2/c1-12(2)21-17-19-10-14(11-20-17)9-18-15(16(22)23)8-13-6-4-3-5-7-13/h3-7,10-12,15,18H,8-9H2,1-2H3,(H,22,23)(H,19,20,21)/t15-/m1/s1. The van der Waals surface area contributed by atoms with Crippen molar-refractivity contribution in [1.29, 1.82) is 0 Å². The number of rotatable bonds is 8. The van der Waals surface area contributed by atoms with Crippen LogP contribution in [0.2, 0.25) is 0 Å². The van der Waals surface area contributed by atoms with Crippen molar-refractivity contribution in [3.8, 4) is 0 Å². The maximum absolute atomic E-state index is 11.4. The molecular formula is C17H22N4O2. The summed E-state index contributed by atoms with van der Waals surface area (Å²) in [6.45, 7) is 4.44. The lowest BCUT2D eigenvalue weighted by Gasteiger charge is -2.14. The molecule has 0 bridgehead atoms. The summed E-state index contributed by atoms with van der Waals surface area (Å²) < 4.78 is 0. The predicted octanol–water partition coefficient (Wildman–Crippen LogP) is 2.08. The average molecular weight is 314 g/mol. The van der Waals surface area contributed by atoms with Crippen LogP contribution in [0.3, 0.4) is 0 Å². The number of hydrogen-bond acceptors (Lipinski definition) is 5. The Balaban J connectivity index is 1.92. The van der Waals surface area contributed by atoms with Gasteiger partial charge in [-0.3, -0.25) is 10.1 Å². The second-order valence-corrected chi connectivity index (χ2v) is 5.68. The van der Waals surface area contributed by atoms with Crippen molar-refractivity contribution in [2.24, 2.45) is 0 Å². The van der Waals surface area contributed by atoms with Crippen LogP contribution in [0.15, 0.2) is 42.7 Å². The molecule has 2 rings (SSSR count). The number of aromatic nitrogens is 2. The SMILES string of the molecule is CC(C)Nc1ncc(CN[C@H](Cc2ccccc2)C(=O)O)cn1. The fourth-order valence-electron chi connectivity index (χ4n) is 2.12. The van der Waals surface area contributed by atoms with E-state index in [9.17, 15) is 9.90 Å². The Hall–Kier alpha value is -2.47. The molecule has 0 saturated heterocycles. The fourth-order valence-corrected chi connectivity index (χ4v) is 2.12. The number of anilines is 1. The smallest absolute Gasteiger partial charge is 0.321 e. The molecule has 3 N–H and O–H groups in total. The van der Waals surface area contributed by atoms with Crippen LogP contribution in [0.1, 0.15) is 25.0 Å². The van der Waals surface area contributed by atoms with Crippen molar-refractivity contribution in [3.05, 3.63) is 53.9 Å². The second kappa shape index (κ2) is 8.24. The summed E-state index contributed by atoms with van der Waals surface area (Å²) in [5.74, 6) is -0.296. The average Bonchev–Trinajstić information content (AvgIpc) is 2.53. The minimum Gasteiger partial charge on any atom is -0.480 e. The van der Waals surface area contributed by atoms with E-state index in [1.54, 1.807) is 12.4 Å². The third-order valence-electron chi connectivity index (χ3n) is 3.26. The van der Waals surface area contributed by atoms with Crippen LogP contribution in [0.25, 0.3) is 0 Å². The van der Waals surface area contributed by atoms with Gasteiger partial charge in [-0.2, -0.15) is 0 Å². The first kappa shape index (κ1) is 16.9. The molecule has 2 aromatic rings. The Morgan fingerprint density at radius 3 is 2.35 bits per heavy atom. The van der Waals surface area contributed by atoms with Gasteiger partial charge in [-0.25, -0.2) is 9.97 Å². The van der Waals surface area contributed by atoms with Crippen LogP contribution in [0.5, 0.6) is 0 Å². The first-order valence-corrected chi connectivity index (χ1v) is 7.62. The monoisotopic (exact) mass is 314 g/mol. The number of aliphatic carboxylic acids is 1. The highest BCUT2D eigenvalue weighted by molar-refractivity contribution is 5.73. The zero-order chi connectivity index (χ0) is 16.7. The van der Waals surface area contributed by atoms with Gasteiger partial charge in [0.25, 0.3) is 0 Å². The number of nitrogens with zero attached hydrogens (tertiary/aromatic N) is 2. The Kier molecular flexibility index (Phi) is 6.05. The van der Waals surface area contributed by atoms with E-state index in [-0.39, 0.29) is 6.04 Å². The van der Waals surface area contributed by atoms with Crippen molar-refractivity contribution in [1.82, 2.24) is 15.3 Å². The molecule has 0 aliphatic rings. The number of carbonyl (C=O) groups is 1. The molecule has 6 nitrogen and oxygen atoms in total. The highest BCUT2D eigenvalue weighted by atomic mass is 16.4. The lowest BCUT2D eigenvalue weighted by Crippen LogP contribution is -2.38. The maximum Gasteiger partial charge on any atom is 0.321 e. The highest BCUT2D eigenvalue weighted by Gasteiger charge is 2.17. The van der Waals surface area contributed by atoms with Crippen LogP contribution in [0.4, 0.5) is 5.95 Å². The van der Waals surface area contributed by atoms with E-state index in [2.05, 4.69) is 20.6 Å². The van der Waals surface area contributed by atoms with Gasteiger partial charge in [-0.05, 0) is 25.8 Å². The molecule has 1 aromatic heterocycles. The Labute approximate surface area is 136 Å². The number of hydrogen-bond donors (Lipinski definition) is 3. The van der Waals surface area contributed by atoms with Crippen LogP contribution in [0, 0.1) is 0 Å². The highest BCUT2D eigenvalue weighted by Crippen LogP contribution is 2.06. The third kappa shape index (κ3) is 5.67. The van der Waals surface area contributed by atoms with E-state index < -0.39 is 12.0 Å². The van der Waals surface area contributed by atoms with Crippen LogP contribution >= 0.6 is 0 Å². The molecule has 0 amide bonds. The van der Waals surface area contributed by atoms with Gasteiger partial charge in [-0.1, -0.05) is 30.3 Å². The molecular weight excluding hydrogens is 292 g/mol. The van der Waals surface area contributed by atoms with E-state index in [1.165, 1.54) is 0 Å². The number of carboxylic acids is 1. The molecule has 0 radical (unpaired) electrons. The summed E-state index contributed by atoms with van der Waals surface area (Å²) in [6.07, 6.45) is 3.84. The van der Waals surface area contributed by atoms with Gasteiger partial charge < -0.3 is 10.4 Å². The molecule has 1 heterocycles. The summed E-state index contributed by atoms with van der Waals surface area (Å²) >= 11 is 0. The number of benzene rings is 1. The van der Waals surface area contributed by atoms with Gasteiger partial charge in [0.05, 0.1) is 0 Å². The Morgan fingerprint density at radius 1 is 1.13 bits per heavy atom. The zero-order valence-electron chi connectivity index (χ0n) is 13.4. The summed E-state index contributed by atoms with van der Waals surface area (Å²) in [5, 5.41) is 15.5.